The second-order valence-electron chi connectivity index (χ2n) is 5.89. The van der Waals surface area contributed by atoms with Crippen molar-refractivity contribution in [3.05, 3.63) is 46.5 Å². The van der Waals surface area contributed by atoms with Gasteiger partial charge >= 0.3 is 0 Å². The highest BCUT2D eigenvalue weighted by molar-refractivity contribution is 7.14. The minimum absolute atomic E-state index is 0.133. The molecular weight excluding hydrogens is 310 g/mol. The van der Waals surface area contributed by atoms with Gasteiger partial charge in [0.1, 0.15) is 5.69 Å². The van der Waals surface area contributed by atoms with Crippen LogP contribution in [0.4, 0.5) is 5.13 Å². The van der Waals surface area contributed by atoms with E-state index in [9.17, 15) is 9.59 Å². The zero-order valence-corrected chi connectivity index (χ0v) is 14.6. The lowest BCUT2D eigenvalue weighted by Gasteiger charge is -2.17. The summed E-state index contributed by atoms with van der Waals surface area (Å²) in [5.74, 6) is 0.0427. The lowest BCUT2D eigenvalue weighted by molar-refractivity contribution is 0.0774. The lowest BCUT2D eigenvalue weighted by Crippen LogP contribution is -2.30. The van der Waals surface area contributed by atoms with Gasteiger partial charge in [-0.15, -0.1) is 11.3 Å². The summed E-state index contributed by atoms with van der Waals surface area (Å²) >= 11 is 1.25. The monoisotopic (exact) mass is 331 g/mol. The highest BCUT2D eigenvalue weighted by Crippen LogP contribution is 2.18. The Hall–Kier alpha value is -2.21. The van der Waals surface area contributed by atoms with Crippen molar-refractivity contribution in [1.82, 2.24) is 9.88 Å². The number of rotatable bonds is 5. The smallest absolute Gasteiger partial charge is 0.273 e. The first-order valence-corrected chi connectivity index (χ1v) is 8.34. The third-order valence-electron chi connectivity index (χ3n) is 3.32. The summed E-state index contributed by atoms with van der Waals surface area (Å²) in [4.78, 5) is 30.4. The van der Waals surface area contributed by atoms with E-state index >= 15 is 0 Å². The standard InChI is InChI=1S/C17H21N3O2S/c1-11(2)9-20(4)16(22)14-10-23-17(18-14)19-15(21)13-8-6-5-7-12(13)3/h5-8,10-11H,9H2,1-4H3,(H,18,19,21). The summed E-state index contributed by atoms with van der Waals surface area (Å²) in [7, 11) is 1.76. The molecule has 2 rings (SSSR count). The number of nitrogens with zero attached hydrogens (tertiary/aromatic N) is 2. The van der Waals surface area contributed by atoms with Gasteiger partial charge in [-0.05, 0) is 24.5 Å². The summed E-state index contributed by atoms with van der Waals surface area (Å²) in [6.45, 7) is 6.66. The first kappa shape index (κ1) is 17.1. The van der Waals surface area contributed by atoms with Crippen molar-refractivity contribution in [1.29, 1.82) is 0 Å². The molecule has 0 saturated heterocycles. The number of thiazole rings is 1. The van der Waals surface area contributed by atoms with E-state index in [0.717, 1.165) is 5.56 Å². The van der Waals surface area contributed by atoms with Crippen LogP contribution >= 0.6 is 11.3 Å². The van der Waals surface area contributed by atoms with E-state index in [1.54, 1.807) is 23.4 Å². The molecule has 2 aromatic rings. The van der Waals surface area contributed by atoms with Gasteiger partial charge in [0.15, 0.2) is 5.13 Å². The molecule has 0 aliphatic rings. The quantitative estimate of drug-likeness (QED) is 0.913. The molecule has 0 atom stereocenters. The summed E-state index contributed by atoms with van der Waals surface area (Å²) in [5, 5.41) is 4.86. The van der Waals surface area contributed by atoms with Crippen LogP contribution in [0.15, 0.2) is 29.6 Å². The van der Waals surface area contributed by atoms with Crippen molar-refractivity contribution < 1.29 is 9.59 Å². The average molecular weight is 331 g/mol. The number of amides is 2. The van der Waals surface area contributed by atoms with E-state index in [1.165, 1.54) is 11.3 Å². The first-order chi connectivity index (χ1) is 10.9. The van der Waals surface area contributed by atoms with E-state index < -0.39 is 0 Å². The van der Waals surface area contributed by atoms with E-state index in [0.29, 0.717) is 28.9 Å². The number of aryl methyl sites for hydroxylation is 1. The Labute approximate surface area is 140 Å². The maximum atomic E-state index is 12.3. The molecule has 1 heterocycles. The third-order valence-corrected chi connectivity index (χ3v) is 4.08. The molecule has 0 bridgehead atoms. The number of aromatic nitrogens is 1. The molecule has 0 saturated carbocycles. The average Bonchev–Trinajstić information content (AvgIpc) is 2.94. The molecule has 0 aliphatic carbocycles. The molecule has 5 nitrogen and oxygen atoms in total. The Bertz CT molecular complexity index is 709. The second-order valence-corrected chi connectivity index (χ2v) is 6.74. The topological polar surface area (TPSA) is 62.3 Å². The Morgan fingerprint density at radius 3 is 2.65 bits per heavy atom. The Morgan fingerprint density at radius 2 is 2.00 bits per heavy atom. The molecule has 1 aromatic carbocycles. The van der Waals surface area contributed by atoms with Crippen molar-refractivity contribution >= 4 is 28.3 Å². The molecule has 0 unspecified atom stereocenters. The van der Waals surface area contributed by atoms with Crippen LogP contribution in [0.25, 0.3) is 0 Å². The van der Waals surface area contributed by atoms with Gasteiger partial charge in [0.05, 0.1) is 0 Å². The molecule has 2 amide bonds. The minimum Gasteiger partial charge on any atom is -0.340 e. The molecule has 0 aliphatic heterocycles. The van der Waals surface area contributed by atoms with E-state index in [2.05, 4.69) is 24.1 Å². The van der Waals surface area contributed by atoms with Crippen LogP contribution in [0, 0.1) is 12.8 Å². The van der Waals surface area contributed by atoms with Crippen molar-refractivity contribution in [2.75, 3.05) is 18.9 Å². The normalized spacial score (nSPS) is 10.7. The lowest BCUT2D eigenvalue weighted by atomic mass is 10.1. The van der Waals surface area contributed by atoms with Crippen LogP contribution in [0.2, 0.25) is 0 Å². The van der Waals surface area contributed by atoms with E-state index in [-0.39, 0.29) is 11.8 Å². The Balaban J connectivity index is 2.06. The van der Waals surface area contributed by atoms with Crippen molar-refractivity contribution in [3.8, 4) is 0 Å². The number of nitrogens with one attached hydrogen (secondary N) is 1. The fraction of sp³-hybridized carbons (Fsp3) is 0.353. The number of anilines is 1. The Kier molecular flexibility index (Phi) is 5.50. The summed E-state index contributed by atoms with van der Waals surface area (Å²) in [6.07, 6.45) is 0. The van der Waals surface area contributed by atoms with Gasteiger partial charge in [-0.3, -0.25) is 14.9 Å². The predicted octanol–water partition coefficient (Wildman–Crippen LogP) is 3.43. The molecule has 0 fully saturated rings. The minimum atomic E-state index is -0.216. The number of carbonyl (C=O) groups is 2. The van der Waals surface area contributed by atoms with Crippen molar-refractivity contribution in [2.24, 2.45) is 5.92 Å². The number of benzene rings is 1. The number of carbonyl (C=O) groups excluding carboxylic acids is 2. The summed E-state index contributed by atoms with van der Waals surface area (Å²) in [6, 6.07) is 7.35. The SMILES string of the molecule is Cc1ccccc1C(=O)Nc1nc(C(=O)N(C)CC(C)C)cs1. The zero-order chi connectivity index (χ0) is 17.0. The zero-order valence-electron chi connectivity index (χ0n) is 13.8. The Morgan fingerprint density at radius 1 is 1.30 bits per heavy atom. The van der Waals surface area contributed by atoms with Gasteiger partial charge in [-0.1, -0.05) is 32.0 Å². The van der Waals surface area contributed by atoms with Crippen LogP contribution in [0.3, 0.4) is 0 Å². The van der Waals surface area contributed by atoms with Crippen molar-refractivity contribution in [3.63, 3.8) is 0 Å². The molecule has 1 aromatic heterocycles. The predicted molar refractivity (Wildman–Crippen MR) is 93.0 cm³/mol. The fourth-order valence-corrected chi connectivity index (χ4v) is 2.93. The van der Waals surface area contributed by atoms with Gasteiger partial charge in [0, 0.05) is 24.5 Å². The fourth-order valence-electron chi connectivity index (χ4n) is 2.25. The molecule has 0 spiro atoms. The van der Waals surface area contributed by atoms with Gasteiger partial charge in [0.25, 0.3) is 11.8 Å². The van der Waals surface area contributed by atoms with Crippen LogP contribution in [-0.2, 0) is 0 Å². The maximum absolute atomic E-state index is 12.3. The van der Waals surface area contributed by atoms with Gasteiger partial charge in [-0.2, -0.15) is 0 Å². The summed E-state index contributed by atoms with van der Waals surface area (Å²) in [5.41, 5.74) is 1.86. The van der Waals surface area contributed by atoms with Gasteiger partial charge < -0.3 is 4.90 Å². The first-order valence-electron chi connectivity index (χ1n) is 7.46. The molecule has 122 valence electrons. The van der Waals surface area contributed by atoms with Crippen LogP contribution in [0.5, 0.6) is 0 Å². The van der Waals surface area contributed by atoms with Crippen LogP contribution in [-0.4, -0.2) is 35.3 Å². The third kappa shape index (κ3) is 4.39. The molecule has 0 radical (unpaired) electrons. The number of hydrogen-bond acceptors (Lipinski definition) is 4. The van der Waals surface area contributed by atoms with E-state index in [1.807, 2.05) is 25.1 Å². The van der Waals surface area contributed by atoms with Gasteiger partial charge in [0.2, 0.25) is 0 Å². The van der Waals surface area contributed by atoms with E-state index in [4.69, 9.17) is 0 Å². The molecule has 23 heavy (non-hydrogen) atoms. The summed E-state index contributed by atoms with van der Waals surface area (Å²) < 4.78 is 0. The molecular formula is C17H21N3O2S. The largest absolute Gasteiger partial charge is 0.340 e. The van der Waals surface area contributed by atoms with Crippen LogP contribution < -0.4 is 5.32 Å². The maximum Gasteiger partial charge on any atom is 0.273 e. The number of hydrogen-bond donors (Lipinski definition) is 1. The molecule has 1 N–H and O–H groups in total. The highest BCUT2D eigenvalue weighted by Gasteiger charge is 2.17. The van der Waals surface area contributed by atoms with Gasteiger partial charge in [-0.25, -0.2) is 4.98 Å². The highest BCUT2D eigenvalue weighted by atomic mass is 32.1. The van der Waals surface area contributed by atoms with Crippen LogP contribution in [0.1, 0.15) is 40.3 Å². The second kappa shape index (κ2) is 7.37. The van der Waals surface area contributed by atoms with Crippen molar-refractivity contribution in [2.45, 2.75) is 20.8 Å². The molecule has 6 heteroatoms.